The van der Waals surface area contributed by atoms with Crippen molar-refractivity contribution >= 4 is 12.1 Å². The van der Waals surface area contributed by atoms with Gasteiger partial charge in [-0.2, -0.15) is 5.10 Å². The van der Waals surface area contributed by atoms with Crippen LogP contribution in [0.5, 0.6) is 23.0 Å². The maximum absolute atomic E-state index is 11.8. The fourth-order valence-corrected chi connectivity index (χ4v) is 2.10. The maximum Gasteiger partial charge on any atom is 0.277 e. The fraction of sp³-hybridized carbons (Fsp3) is 0.222. The molecule has 1 amide bonds. The van der Waals surface area contributed by atoms with E-state index >= 15 is 0 Å². The van der Waals surface area contributed by atoms with Crippen LogP contribution in [0.15, 0.2) is 47.6 Å². The normalized spacial score (nSPS) is 10.4. The zero-order chi connectivity index (χ0) is 18.1. The Kier molecular flexibility index (Phi) is 6.65. The van der Waals surface area contributed by atoms with Gasteiger partial charge in [0.25, 0.3) is 5.91 Å². The third-order valence-electron chi connectivity index (χ3n) is 3.24. The summed E-state index contributed by atoms with van der Waals surface area (Å²) >= 11 is 0. The Hall–Kier alpha value is -3.22. The topological polar surface area (TPSA) is 78.4 Å². The minimum Gasteiger partial charge on any atom is -0.493 e. The Bertz CT molecular complexity index is 732. The van der Waals surface area contributed by atoms with Gasteiger partial charge in [0.05, 0.1) is 27.5 Å². The van der Waals surface area contributed by atoms with E-state index in [9.17, 15) is 4.79 Å². The summed E-state index contributed by atoms with van der Waals surface area (Å²) in [6.45, 7) is -0.135. The van der Waals surface area contributed by atoms with Gasteiger partial charge in [0.1, 0.15) is 5.75 Å². The molecule has 0 saturated carbocycles. The van der Waals surface area contributed by atoms with Gasteiger partial charge in [-0.25, -0.2) is 5.43 Å². The molecule has 0 aromatic heterocycles. The largest absolute Gasteiger partial charge is 0.493 e. The molecule has 0 aliphatic heterocycles. The number of ether oxygens (including phenoxy) is 4. The number of hydrogen-bond donors (Lipinski definition) is 1. The molecule has 25 heavy (non-hydrogen) atoms. The molecular weight excluding hydrogens is 324 g/mol. The van der Waals surface area contributed by atoms with Crippen molar-refractivity contribution in [1.29, 1.82) is 0 Å². The van der Waals surface area contributed by atoms with Crippen LogP contribution >= 0.6 is 0 Å². The van der Waals surface area contributed by atoms with E-state index in [1.807, 2.05) is 18.2 Å². The number of nitrogens with zero attached hydrogens (tertiary/aromatic N) is 1. The van der Waals surface area contributed by atoms with Crippen LogP contribution in [0, 0.1) is 0 Å². The summed E-state index contributed by atoms with van der Waals surface area (Å²) < 4.78 is 21.2. The molecule has 0 aliphatic carbocycles. The van der Waals surface area contributed by atoms with E-state index in [4.69, 9.17) is 18.9 Å². The maximum atomic E-state index is 11.8. The van der Waals surface area contributed by atoms with Gasteiger partial charge in [0, 0.05) is 5.56 Å². The zero-order valence-electron chi connectivity index (χ0n) is 14.3. The second-order valence-corrected chi connectivity index (χ2v) is 4.82. The molecule has 0 unspecified atom stereocenters. The van der Waals surface area contributed by atoms with Crippen molar-refractivity contribution in [1.82, 2.24) is 5.43 Å². The van der Waals surface area contributed by atoms with E-state index in [1.165, 1.54) is 27.5 Å². The van der Waals surface area contributed by atoms with Gasteiger partial charge in [-0.3, -0.25) is 4.79 Å². The number of nitrogens with one attached hydrogen (secondary N) is 1. The number of methoxy groups -OCH3 is 3. The summed E-state index contributed by atoms with van der Waals surface area (Å²) in [5, 5.41) is 3.91. The van der Waals surface area contributed by atoms with Crippen LogP contribution in [0.25, 0.3) is 0 Å². The lowest BCUT2D eigenvalue weighted by Gasteiger charge is -2.13. The van der Waals surface area contributed by atoms with Gasteiger partial charge in [0.2, 0.25) is 5.75 Å². The fourth-order valence-electron chi connectivity index (χ4n) is 2.10. The van der Waals surface area contributed by atoms with Crippen molar-refractivity contribution in [2.45, 2.75) is 0 Å². The molecule has 0 fully saturated rings. The molecule has 0 radical (unpaired) electrons. The molecule has 0 atom stereocenters. The van der Waals surface area contributed by atoms with Crippen molar-refractivity contribution in [3.05, 3.63) is 48.0 Å². The first-order valence-electron chi connectivity index (χ1n) is 7.48. The molecule has 0 bridgehead atoms. The predicted octanol–water partition coefficient (Wildman–Crippen LogP) is 2.24. The van der Waals surface area contributed by atoms with Crippen molar-refractivity contribution in [3.8, 4) is 23.0 Å². The third kappa shape index (κ3) is 4.87. The predicted molar refractivity (Wildman–Crippen MR) is 93.8 cm³/mol. The average molecular weight is 344 g/mol. The summed E-state index contributed by atoms with van der Waals surface area (Å²) in [6.07, 6.45) is 1.46. The lowest BCUT2D eigenvalue weighted by atomic mass is 10.2. The minimum atomic E-state index is -0.375. The molecular formula is C18H20N2O5. The first-order chi connectivity index (χ1) is 12.2. The van der Waals surface area contributed by atoms with Crippen LogP contribution in [-0.2, 0) is 4.79 Å². The van der Waals surface area contributed by atoms with Crippen molar-refractivity contribution in [2.24, 2.45) is 5.10 Å². The van der Waals surface area contributed by atoms with Crippen LogP contribution in [0.1, 0.15) is 5.56 Å². The zero-order valence-corrected chi connectivity index (χ0v) is 14.3. The molecule has 132 valence electrons. The highest BCUT2D eigenvalue weighted by Gasteiger charge is 2.14. The van der Waals surface area contributed by atoms with Gasteiger partial charge in [-0.1, -0.05) is 18.2 Å². The Labute approximate surface area is 146 Å². The minimum absolute atomic E-state index is 0.135. The monoisotopic (exact) mass is 344 g/mol. The quantitative estimate of drug-likeness (QED) is 0.587. The number of para-hydroxylation sites is 1. The molecule has 7 nitrogen and oxygen atoms in total. The van der Waals surface area contributed by atoms with Gasteiger partial charge in [-0.05, 0) is 24.3 Å². The molecule has 2 aromatic carbocycles. The number of benzene rings is 2. The second kappa shape index (κ2) is 9.17. The number of rotatable bonds is 8. The molecule has 0 aliphatic rings. The number of hydrogen-bond acceptors (Lipinski definition) is 6. The highest BCUT2D eigenvalue weighted by Crippen LogP contribution is 2.38. The number of amides is 1. The summed E-state index contributed by atoms with van der Waals surface area (Å²) in [5.74, 6) is 1.69. The average Bonchev–Trinajstić information content (AvgIpc) is 2.66. The lowest BCUT2D eigenvalue weighted by Crippen LogP contribution is -2.24. The standard InChI is InChI=1S/C18H20N2O5/c1-22-15-10-9-13(17(23-2)18(15)24-3)11-19-20-16(21)12-25-14-7-5-4-6-8-14/h4-11H,12H2,1-3H3,(H,20,21)/b19-11+. The van der Waals surface area contributed by atoms with Gasteiger partial charge in [-0.15, -0.1) is 0 Å². The lowest BCUT2D eigenvalue weighted by molar-refractivity contribution is -0.123. The van der Waals surface area contributed by atoms with E-state index in [1.54, 1.807) is 24.3 Å². The van der Waals surface area contributed by atoms with Gasteiger partial charge in [0.15, 0.2) is 18.1 Å². The molecule has 2 aromatic rings. The first kappa shape index (κ1) is 18.1. The number of carbonyl (C=O) groups excluding carboxylic acids is 1. The van der Waals surface area contributed by atoms with Crippen LogP contribution < -0.4 is 24.4 Å². The van der Waals surface area contributed by atoms with Gasteiger partial charge < -0.3 is 18.9 Å². The summed E-state index contributed by atoms with van der Waals surface area (Å²) in [6, 6.07) is 12.5. The van der Waals surface area contributed by atoms with Gasteiger partial charge >= 0.3 is 0 Å². The molecule has 0 saturated heterocycles. The van der Waals surface area contributed by atoms with E-state index < -0.39 is 0 Å². The van der Waals surface area contributed by atoms with E-state index in [0.29, 0.717) is 28.6 Å². The molecule has 7 heteroatoms. The molecule has 2 rings (SSSR count). The van der Waals surface area contributed by atoms with Crippen LogP contribution in [-0.4, -0.2) is 40.1 Å². The Morgan fingerprint density at radius 3 is 2.36 bits per heavy atom. The molecule has 1 N–H and O–H groups in total. The Balaban J connectivity index is 1.98. The smallest absolute Gasteiger partial charge is 0.277 e. The van der Waals surface area contributed by atoms with E-state index in [2.05, 4.69) is 10.5 Å². The van der Waals surface area contributed by atoms with E-state index in [0.717, 1.165) is 0 Å². The number of carbonyl (C=O) groups is 1. The van der Waals surface area contributed by atoms with Crippen LogP contribution in [0.2, 0.25) is 0 Å². The second-order valence-electron chi connectivity index (χ2n) is 4.82. The summed E-state index contributed by atoms with van der Waals surface area (Å²) in [4.78, 5) is 11.8. The van der Waals surface area contributed by atoms with Crippen LogP contribution in [0.3, 0.4) is 0 Å². The highest BCUT2D eigenvalue weighted by molar-refractivity contribution is 5.87. The Morgan fingerprint density at radius 2 is 1.72 bits per heavy atom. The van der Waals surface area contributed by atoms with E-state index in [-0.39, 0.29) is 12.5 Å². The summed E-state index contributed by atoms with van der Waals surface area (Å²) in [7, 11) is 4.57. The van der Waals surface area contributed by atoms with Crippen molar-refractivity contribution < 1.29 is 23.7 Å². The van der Waals surface area contributed by atoms with Crippen molar-refractivity contribution in [2.75, 3.05) is 27.9 Å². The third-order valence-corrected chi connectivity index (χ3v) is 3.24. The molecule has 0 spiro atoms. The first-order valence-corrected chi connectivity index (χ1v) is 7.48. The summed E-state index contributed by atoms with van der Waals surface area (Å²) in [5.41, 5.74) is 3.03. The molecule has 0 heterocycles. The van der Waals surface area contributed by atoms with Crippen LogP contribution in [0.4, 0.5) is 0 Å². The Morgan fingerprint density at radius 1 is 1.00 bits per heavy atom. The SMILES string of the molecule is COc1ccc(/C=N/NC(=O)COc2ccccc2)c(OC)c1OC. The highest BCUT2D eigenvalue weighted by atomic mass is 16.5. The number of hydrazone groups is 1. The van der Waals surface area contributed by atoms with Crippen molar-refractivity contribution in [3.63, 3.8) is 0 Å².